The summed E-state index contributed by atoms with van der Waals surface area (Å²) in [4.78, 5) is 5.24. The molecule has 0 aromatic heterocycles. The predicted molar refractivity (Wildman–Crippen MR) is 142 cm³/mol. The van der Waals surface area contributed by atoms with Crippen LogP contribution in [0.1, 0.15) is 59.3 Å². The van der Waals surface area contributed by atoms with Crippen LogP contribution in [0.4, 0.5) is 5.69 Å². The molecule has 4 rings (SSSR count). The van der Waals surface area contributed by atoms with Crippen LogP contribution in [0.5, 0.6) is 5.75 Å². The molecule has 2 aliphatic heterocycles. The average molecular weight is 477 g/mol. The Bertz CT molecular complexity index is 1010. The second-order valence-corrected chi connectivity index (χ2v) is 10.1. The molecule has 3 aliphatic rings. The molecule has 1 fully saturated rings. The molecule has 0 amide bonds. The molecule has 3 N–H and O–H groups in total. The number of nitriles is 1. The van der Waals surface area contributed by atoms with Gasteiger partial charge in [-0.15, -0.1) is 0 Å². The molecule has 1 aromatic carbocycles. The molecule has 0 spiro atoms. The van der Waals surface area contributed by atoms with Crippen molar-refractivity contribution in [2.75, 3.05) is 25.5 Å². The van der Waals surface area contributed by atoms with Gasteiger partial charge in [-0.2, -0.15) is 5.26 Å². The van der Waals surface area contributed by atoms with Gasteiger partial charge in [0, 0.05) is 37.1 Å². The monoisotopic (exact) mass is 476 g/mol. The quantitative estimate of drug-likeness (QED) is 0.510. The van der Waals surface area contributed by atoms with Gasteiger partial charge in [0.25, 0.3) is 0 Å². The molecule has 2 unspecified atom stereocenters. The molecule has 0 radical (unpaired) electrons. The number of hydrogen-bond acceptors (Lipinski definition) is 7. The Morgan fingerprint density at radius 3 is 2.57 bits per heavy atom. The van der Waals surface area contributed by atoms with E-state index < -0.39 is 5.54 Å². The second kappa shape index (κ2) is 10.8. The van der Waals surface area contributed by atoms with Crippen molar-refractivity contribution in [3.05, 3.63) is 47.4 Å². The Hall–Kier alpha value is -2.82. The van der Waals surface area contributed by atoms with Crippen LogP contribution < -0.4 is 15.8 Å². The molecular formula is C28H40N6O. The number of ether oxygens (including phenoxy) is 1. The van der Waals surface area contributed by atoms with E-state index in [0.717, 1.165) is 68.0 Å². The summed E-state index contributed by atoms with van der Waals surface area (Å²) in [6.07, 6.45) is 10.4. The van der Waals surface area contributed by atoms with Gasteiger partial charge in [-0.3, -0.25) is 10.0 Å². The maximum Gasteiger partial charge on any atom is 0.127 e. The lowest BCUT2D eigenvalue weighted by Crippen LogP contribution is -2.50. The van der Waals surface area contributed by atoms with Gasteiger partial charge in [-0.05, 0) is 82.2 Å². The molecule has 2 heterocycles. The van der Waals surface area contributed by atoms with Gasteiger partial charge in [0.15, 0.2) is 0 Å². The number of hydrazine groups is 1. The van der Waals surface area contributed by atoms with Gasteiger partial charge in [0.2, 0.25) is 0 Å². The summed E-state index contributed by atoms with van der Waals surface area (Å²) >= 11 is 0. The number of nitrogens with zero attached hydrogens (tertiary/aromatic N) is 4. The molecule has 7 heteroatoms. The van der Waals surface area contributed by atoms with E-state index in [0.29, 0.717) is 18.6 Å². The van der Waals surface area contributed by atoms with Crippen molar-refractivity contribution in [3.63, 3.8) is 0 Å². The van der Waals surface area contributed by atoms with Gasteiger partial charge in [0.05, 0.1) is 18.4 Å². The highest BCUT2D eigenvalue weighted by atomic mass is 16.5. The summed E-state index contributed by atoms with van der Waals surface area (Å²) in [6, 6.07) is 11.0. The molecular weight excluding hydrogens is 436 g/mol. The first kappa shape index (κ1) is 25.3. The summed E-state index contributed by atoms with van der Waals surface area (Å²) < 4.78 is 5.62. The van der Waals surface area contributed by atoms with Crippen LogP contribution in [-0.4, -0.2) is 48.0 Å². The standard InChI is InChI=1S/C28H40N6O/c1-5-7-24-27(32-22-12-14-23(15-13-22)35-6-2)34-26(16-17-33(34)4)25(18-29)28(24,3)31-19-20-8-10-21(30)11-9-20/h12-16,19-21,25,32H,5-11,17,30H2,1-4H3. The van der Waals surface area contributed by atoms with Gasteiger partial charge in [-0.1, -0.05) is 13.3 Å². The van der Waals surface area contributed by atoms with E-state index >= 15 is 0 Å². The molecule has 188 valence electrons. The van der Waals surface area contributed by atoms with E-state index in [2.05, 4.69) is 54.6 Å². The fraction of sp³-hybridized carbons (Fsp3) is 0.571. The molecule has 35 heavy (non-hydrogen) atoms. The SMILES string of the molecule is CCCC1=C(Nc2ccc(OCC)cc2)N2C(=CCN2C)C(C#N)C1(C)N=CC1CCC(N)CC1. The van der Waals surface area contributed by atoms with Crippen molar-refractivity contribution in [2.24, 2.45) is 22.6 Å². The highest BCUT2D eigenvalue weighted by Gasteiger charge is 2.50. The number of anilines is 1. The molecule has 1 aromatic rings. The van der Waals surface area contributed by atoms with Gasteiger partial charge in [-0.25, -0.2) is 5.01 Å². The summed E-state index contributed by atoms with van der Waals surface area (Å²) in [6.45, 7) is 7.73. The van der Waals surface area contributed by atoms with Crippen molar-refractivity contribution in [1.29, 1.82) is 5.26 Å². The normalized spacial score (nSPS) is 29.2. The minimum Gasteiger partial charge on any atom is -0.494 e. The summed E-state index contributed by atoms with van der Waals surface area (Å²) in [5, 5.41) is 18.4. The van der Waals surface area contributed by atoms with Crippen molar-refractivity contribution in [2.45, 2.75) is 70.9 Å². The van der Waals surface area contributed by atoms with E-state index in [1.807, 2.05) is 31.2 Å². The zero-order valence-corrected chi connectivity index (χ0v) is 21.6. The maximum atomic E-state index is 10.4. The number of benzene rings is 1. The fourth-order valence-corrected chi connectivity index (χ4v) is 5.55. The number of likely N-dealkylation sites (N-methyl/N-ethyl adjacent to an activating group) is 1. The third kappa shape index (κ3) is 5.10. The third-order valence-electron chi connectivity index (χ3n) is 7.54. The Labute approximate surface area is 210 Å². The molecule has 0 saturated heterocycles. The lowest BCUT2D eigenvalue weighted by Gasteiger charge is -2.46. The van der Waals surface area contributed by atoms with E-state index in [-0.39, 0.29) is 5.92 Å². The van der Waals surface area contributed by atoms with Crippen LogP contribution in [0.3, 0.4) is 0 Å². The third-order valence-corrected chi connectivity index (χ3v) is 7.54. The first-order valence-corrected chi connectivity index (χ1v) is 13.1. The number of rotatable bonds is 8. The molecule has 1 saturated carbocycles. The van der Waals surface area contributed by atoms with Crippen molar-refractivity contribution in [1.82, 2.24) is 10.0 Å². The second-order valence-electron chi connectivity index (χ2n) is 10.1. The molecule has 7 nitrogen and oxygen atoms in total. The van der Waals surface area contributed by atoms with E-state index in [1.165, 1.54) is 5.57 Å². The van der Waals surface area contributed by atoms with Crippen LogP contribution in [0.2, 0.25) is 0 Å². The first-order valence-electron chi connectivity index (χ1n) is 13.1. The molecule has 1 aliphatic carbocycles. The Kier molecular flexibility index (Phi) is 7.83. The minimum absolute atomic E-state index is 0.310. The minimum atomic E-state index is -0.633. The number of aliphatic imine (C=N–C) groups is 1. The van der Waals surface area contributed by atoms with Crippen LogP contribution >= 0.6 is 0 Å². The van der Waals surface area contributed by atoms with Crippen LogP contribution in [0.25, 0.3) is 0 Å². The number of fused-ring (bicyclic) bond motifs is 1. The van der Waals surface area contributed by atoms with E-state index in [9.17, 15) is 5.26 Å². The topological polar surface area (TPSA) is 89.9 Å². The van der Waals surface area contributed by atoms with Crippen LogP contribution in [-0.2, 0) is 0 Å². The summed E-state index contributed by atoms with van der Waals surface area (Å²) in [5.41, 5.74) is 8.66. The highest BCUT2D eigenvalue weighted by Crippen LogP contribution is 2.48. The summed E-state index contributed by atoms with van der Waals surface area (Å²) in [7, 11) is 2.07. The smallest absolute Gasteiger partial charge is 0.127 e. The molecule has 0 bridgehead atoms. The van der Waals surface area contributed by atoms with Gasteiger partial charge < -0.3 is 15.8 Å². The number of nitrogens with one attached hydrogen (secondary N) is 1. The van der Waals surface area contributed by atoms with Gasteiger partial charge >= 0.3 is 0 Å². The van der Waals surface area contributed by atoms with Gasteiger partial charge in [0.1, 0.15) is 23.0 Å². The van der Waals surface area contributed by atoms with Crippen molar-refractivity contribution in [3.8, 4) is 11.8 Å². The molecule has 2 atom stereocenters. The lowest BCUT2D eigenvalue weighted by atomic mass is 9.74. The zero-order chi connectivity index (χ0) is 25.0. The van der Waals surface area contributed by atoms with E-state index in [1.54, 1.807) is 0 Å². The van der Waals surface area contributed by atoms with Crippen molar-refractivity contribution >= 4 is 11.9 Å². The number of nitrogens with two attached hydrogens (primary N) is 1. The first-order chi connectivity index (χ1) is 16.9. The van der Waals surface area contributed by atoms with Crippen LogP contribution in [0.15, 0.2) is 52.4 Å². The predicted octanol–water partition coefficient (Wildman–Crippen LogP) is 5.06. The fourth-order valence-electron chi connectivity index (χ4n) is 5.55. The Balaban J connectivity index is 1.76. The number of hydrogen-bond donors (Lipinski definition) is 2. The Morgan fingerprint density at radius 2 is 1.94 bits per heavy atom. The van der Waals surface area contributed by atoms with Crippen LogP contribution in [0, 0.1) is 23.2 Å². The zero-order valence-electron chi connectivity index (χ0n) is 21.6. The Morgan fingerprint density at radius 1 is 1.23 bits per heavy atom. The highest BCUT2D eigenvalue weighted by molar-refractivity contribution is 5.64. The largest absolute Gasteiger partial charge is 0.494 e. The van der Waals surface area contributed by atoms with E-state index in [4.69, 9.17) is 15.5 Å². The lowest BCUT2D eigenvalue weighted by molar-refractivity contribution is 0.0845. The average Bonchev–Trinajstić information content (AvgIpc) is 3.23. The maximum absolute atomic E-state index is 10.4. The van der Waals surface area contributed by atoms with Crippen molar-refractivity contribution < 1.29 is 4.74 Å². The summed E-state index contributed by atoms with van der Waals surface area (Å²) in [5.74, 6) is 1.95.